The van der Waals surface area contributed by atoms with Crippen molar-refractivity contribution < 1.29 is 13.9 Å². The van der Waals surface area contributed by atoms with Gasteiger partial charge in [-0.25, -0.2) is 4.39 Å². The summed E-state index contributed by atoms with van der Waals surface area (Å²) < 4.78 is 24.3. The maximum atomic E-state index is 15.9. The van der Waals surface area contributed by atoms with Crippen molar-refractivity contribution in [3.63, 3.8) is 0 Å². The molecule has 9 heteroatoms. The summed E-state index contributed by atoms with van der Waals surface area (Å²) in [5.41, 5.74) is 1.61. The number of hydrogen-bond donors (Lipinski definition) is 0. The quantitative estimate of drug-likeness (QED) is 0.132. The zero-order valence-electron chi connectivity index (χ0n) is 23.9. The zero-order valence-corrected chi connectivity index (χ0v) is 24.7. The minimum atomic E-state index is -0.548. The first kappa shape index (κ1) is 27.7. The molecule has 4 heterocycles. The number of halogens is 1. The van der Waals surface area contributed by atoms with Crippen LogP contribution in [0.3, 0.4) is 0 Å². The summed E-state index contributed by atoms with van der Waals surface area (Å²) >= 11 is 1.32. The van der Waals surface area contributed by atoms with E-state index in [0.717, 1.165) is 35.9 Å². The molecule has 7 rings (SSSR count). The van der Waals surface area contributed by atoms with Gasteiger partial charge in [0.1, 0.15) is 11.3 Å². The highest BCUT2D eigenvalue weighted by atomic mass is 32.2. The van der Waals surface area contributed by atoms with Gasteiger partial charge in [-0.2, -0.15) is 0 Å². The fraction of sp³-hybridized carbons (Fsp3) is 0.294. The second-order valence-corrected chi connectivity index (χ2v) is 12.4. The van der Waals surface area contributed by atoms with Crippen molar-refractivity contribution in [3.8, 4) is 17.2 Å². The number of carbonyl (C=O) groups excluding carboxylic acids is 1. The molecule has 43 heavy (non-hydrogen) atoms. The Bertz CT molecular complexity index is 1930. The van der Waals surface area contributed by atoms with E-state index < -0.39 is 11.2 Å². The van der Waals surface area contributed by atoms with Gasteiger partial charge in [0.15, 0.2) is 22.7 Å². The van der Waals surface area contributed by atoms with E-state index in [9.17, 15) is 9.59 Å². The van der Waals surface area contributed by atoms with Gasteiger partial charge in [0, 0.05) is 54.8 Å². The van der Waals surface area contributed by atoms with Crippen LogP contribution >= 0.6 is 11.8 Å². The average Bonchev–Trinajstić information content (AvgIpc) is 3.44. The normalized spacial score (nSPS) is 16.0. The maximum Gasteiger partial charge on any atom is 0.200 e. The summed E-state index contributed by atoms with van der Waals surface area (Å²) in [6, 6.07) is 13.5. The zero-order chi connectivity index (χ0) is 29.5. The molecule has 1 saturated heterocycles. The summed E-state index contributed by atoms with van der Waals surface area (Å²) in [6.45, 7) is 1.08. The SMILES string of the molecule is CN1CCCC1CCCC(=O)c1cn2c3c(c(SCCc4cnccn4)c(F)cc3c1=O)Oc1c-2ccc2ccccc12. The molecule has 0 aliphatic carbocycles. The second kappa shape index (κ2) is 11.5. The number of hydrogen-bond acceptors (Lipinski definition) is 7. The second-order valence-electron chi connectivity index (χ2n) is 11.3. The van der Waals surface area contributed by atoms with Crippen LogP contribution in [0.1, 0.15) is 48.2 Å². The maximum absolute atomic E-state index is 15.9. The van der Waals surface area contributed by atoms with Crippen LogP contribution in [0.25, 0.3) is 27.4 Å². The molecule has 2 aliphatic heterocycles. The van der Waals surface area contributed by atoms with Gasteiger partial charge in [0.05, 0.1) is 27.2 Å². The van der Waals surface area contributed by atoms with Crippen LogP contribution in [0, 0.1) is 5.82 Å². The molecular weight excluding hydrogens is 563 g/mol. The molecule has 0 radical (unpaired) electrons. The van der Waals surface area contributed by atoms with E-state index >= 15 is 4.39 Å². The van der Waals surface area contributed by atoms with Crippen LogP contribution in [0.2, 0.25) is 0 Å². The Balaban J connectivity index is 1.31. The van der Waals surface area contributed by atoms with Crippen molar-refractivity contribution >= 4 is 39.2 Å². The van der Waals surface area contributed by atoms with Gasteiger partial charge >= 0.3 is 0 Å². The molecule has 218 valence electrons. The van der Waals surface area contributed by atoms with E-state index in [4.69, 9.17) is 4.74 Å². The lowest BCUT2D eigenvalue weighted by Gasteiger charge is -2.27. The molecule has 1 atom stereocenters. The third-order valence-electron chi connectivity index (χ3n) is 8.61. The minimum Gasteiger partial charge on any atom is -0.451 e. The van der Waals surface area contributed by atoms with Gasteiger partial charge in [-0.3, -0.25) is 19.6 Å². The predicted octanol–water partition coefficient (Wildman–Crippen LogP) is 6.96. The highest BCUT2D eigenvalue weighted by Gasteiger charge is 2.30. The average molecular weight is 595 g/mol. The standard InChI is InChI=1S/C34H31FN4O3S/c1-38-16-5-8-23(38)7-4-10-29(40)26-20-39-28-12-11-21-6-2-3-9-24(21)32(28)42-33-30(39)25(31(26)41)18-27(35)34(33)43-17-13-22-19-36-14-15-37-22/h2-3,6,9,11-12,14-15,18-20,23H,4-5,7-8,10,13,16-17H2,1H3. The van der Waals surface area contributed by atoms with Crippen molar-refractivity contribution in [1.82, 2.24) is 19.4 Å². The summed E-state index contributed by atoms with van der Waals surface area (Å²) in [5, 5.41) is 1.99. The number of Topliss-reactive ketones (excluding diaryl/α,β-unsaturated/α-hetero) is 1. The first-order valence-corrected chi connectivity index (χ1v) is 15.7. The Labute approximate surface area is 252 Å². The highest BCUT2D eigenvalue weighted by molar-refractivity contribution is 7.99. The molecule has 2 aromatic heterocycles. The molecule has 5 aromatic rings. The Morgan fingerprint density at radius 3 is 2.84 bits per heavy atom. The van der Waals surface area contributed by atoms with E-state index in [1.54, 1.807) is 24.8 Å². The van der Waals surface area contributed by atoms with Crippen molar-refractivity contribution in [2.24, 2.45) is 0 Å². The number of aryl methyl sites for hydroxylation is 1. The molecule has 0 amide bonds. The van der Waals surface area contributed by atoms with Gasteiger partial charge in [-0.15, -0.1) is 11.8 Å². The number of thioether (sulfide) groups is 1. The number of benzene rings is 3. The molecule has 3 aromatic carbocycles. The number of fused-ring (bicyclic) bond motifs is 4. The monoisotopic (exact) mass is 594 g/mol. The third kappa shape index (κ3) is 5.10. The summed E-state index contributed by atoms with van der Waals surface area (Å²) in [5.74, 6) is 0.641. The Kier molecular flexibility index (Phi) is 7.44. The number of nitrogens with zero attached hydrogens (tertiary/aromatic N) is 4. The topological polar surface area (TPSA) is 77.3 Å². The Hall–Kier alpha value is -4.08. The van der Waals surface area contributed by atoms with Crippen LogP contribution in [-0.4, -0.2) is 50.6 Å². The van der Waals surface area contributed by atoms with Crippen LogP contribution in [0.15, 0.2) is 76.9 Å². The minimum absolute atomic E-state index is 0.0849. The lowest BCUT2D eigenvalue weighted by Crippen LogP contribution is -2.25. The summed E-state index contributed by atoms with van der Waals surface area (Å²) in [4.78, 5) is 38.4. The number of rotatable bonds is 9. The molecule has 1 fully saturated rings. The van der Waals surface area contributed by atoms with Crippen molar-refractivity contribution in [2.75, 3.05) is 19.3 Å². The predicted molar refractivity (Wildman–Crippen MR) is 167 cm³/mol. The van der Waals surface area contributed by atoms with Crippen molar-refractivity contribution in [2.45, 2.75) is 49.5 Å². The molecular formula is C34H31FN4O3S. The molecule has 2 aliphatic rings. The Morgan fingerprint density at radius 2 is 2.02 bits per heavy atom. The number of ether oxygens (including phenoxy) is 1. The highest BCUT2D eigenvalue weighted by Crippen LogP contribution is 2.48. The van der Waals surface area contributed by atoms with Crippen LogP contribution in [-0.2, 0) is 6.42 Å². The van der Waals surface area contributed by atoms with Gasteiger partial charge in [0.25, 0.3) is 0 Å². The van der Waals surface area contributed by atoms with E-state index in [1.807, 2.05) is 41.0 Å². The third-order valence-corrected chi connectivity index (χ3v) is 9.69. The molecule has 0 bridgehead atoms. The lowest BCUT2D eigenvalue weighted by atomic mass is 10.00. The molecule has 0 N–H and O–H groups in total. The Morgan fingerprint density at radius 1 is 1.14 bits per heavy atom. The number of ketones is 1. The fourth-order valence-corrected chi connectivity index (χ4v) is 7.33. The van der Waals surface area contributed by atoms with Gasteiger partial charge in [-0.05, 0) is 56.8 Å². The number of likely N-dealkylation sites (tertiary alicyclic amines) is 1. The van der Waals surface area contributed by atoms with E-state index in [0.29, 0.717) is 52.2 Å². The fourth-order valence-electron chi connectivity index (χ4n) is 6.35. The van der Waals surface area contributed by atoms with E-state index in [1.165, 1.54) is 24.2 Å². The van der Waals surface area contributed by atoms with Crippen LogP contribution < -0.4 is 10.2 Å². The number of aromatic nitrogens is 3. The van der Waals surface area contributed by atoms with E-state index in [2.05, 4.69) is 21.9 Å². The largest absolute Gasteiger partial charge is 0.451 e. The van der Waals surface area contributed by atoms with Crippen LogP contribution in [0.4, 0.5) is 4.39 Å². The summed E-state index contributed by atoms with van der Waals surface area (Å²) in [7, 11) is 2.12. The van der Waals surface area contributed by atoms with Crippen LogP contribution in [0.5, 0.6) is 11.5 Å². The smallest absolute Gasteiger partial charge is 0.200 e. The molecule has 7 nitrogen and oxygen atoms in total. The van der Waals surface area contributed by atoms with Gasteiger partial charge in [0.2, 0.25) is 0 Å². The van der Waals surface area contributed by atoms with Gasteiger partial charge in [-0.1, -0.05) is 30.3 Å². The molecule has 1 unspecified atom stereocenters. The first-order valence-electron chi connectivity index (χ1n) is 14.7. The molecule has 0 spiro atoms. The van der Waals surface area contributed by atoms with Gasteiger partial charge < -0.3 is 14.2 Å². The lowest BCUT2D eigenvalue weighted by molar-refractivity contribution is 0.0975. The summed E-state index contributed by atoms with van der Waals surface area (Å²) in [6.07, 6.45) is 11.4. The van der Waals surface area contributed by atoms with E-state index in [-0.39, 0.29) is 23.2 Å². The van der Waals surface area contributed by atoms with Crippen molar-refractivity contribution in [3.05, 3.63) is 94.5 Å². The number of carbonyl (C=O) groups is 1. The first-order chi connectivity index (χ1) is 21.0. The number of pyridine rings is 1. The van der Waals surface area contributed by atoms with Crippen molar-refractivity contribution in [1.29, 1.82) is 0 Å². The molecule has 0 saturated carbocycles.